The monoisotopic (exact) mass is 432 g/mol. The Morgan fingerprint density at radius 1 is 0.759 bits per heavy atom. The molecule has 6 heteroatoms. The van der Waals surface area contributed by atoms with Crippen LogP contribution in [0.3, 0.4) is 0 Å². The van der Waals surface area contributed by atoms with Gasteiger partial charge in [0.2, 0.25) is 5.34 Å². The zero-order valence-electron chi connectivity index (χ0n) is 19.4. The third kappa shape index (κ3) is 16.0. The molecule has 29 heavy (non-hydrogen) atoms. The Balaban J connectivity index is 3.84. The van der Waals surface area contributed by atoms with Crippen LogP contribution >= 0.6 is 7.60 Å². The Kier molecular flexibility index (Phi) is 15.1. The van der Waals surface area contributed by atoms with Crippen molar-refractivity contribution in [3.8, 4) is 0 Å². The van der Waals surface area contributed by atoms with Gasteiger partial charge in [-0.15, -0.1) is 0 Å². The molecule has 0 aromatic rings. The number of allylic oxidation sites excluding steroid dienone is 4. The van der Waals surface area contributed by atoms with E-state index in [2.05, 4.69) is 25.2 Å². The normalized spacial score (nSPS) is 15.4. The van der Waals surface area contributed by atoms with Gasteiger partial charge in [-0.1, -0.05) is 63.3 Å². The van der Waals surface area contributed by atoms with Gasteiger partial charge in [-0.05, 0) is 51.4 Å². The van der Waals surface area contributed by atoms with Crippen molar-refractivity contribution in [2.75, 3.05) is 27.7 Å². The highest BCUT2D eigenvalue weighted by molar-refractivity contribution is 7.53. The van der Waals surface area contributed by atoms with Crippen molar-refractivity contribution >= 4 is 7.60 Å². The van der Waals surface area contributed by atoms with E-state index in [4.69, 9.17) is 0 Å². The molecule has 0 aliphatic heterocycles. The summed E-state index contributed by atoms with van der Waals surface area (Å²) in [5.74, 6) is 0. The summed E-state index contributed by atoms with van der Waals surface area (Å²) >= 11 is 0. The molecule has 0 heterocycles. The first kappa shape index (κ1) is 28.5. The second kappa shape index (κ2) is 15.4. The van der Waals surface area contributed by atoms with Crippen molar-refractivity contribution in [3.05, 3.63) is 24.3 Å². The molecule has 0 amide bonds. The van der Waals surface area contributed by atoms with Crippen LogP contribution in [-0.2, 0) is 4.57 Å². The van der Waals surface area contributed by atoms with Gasteiger partial charge in [0.05, 0.1) is 21.1 Å². The Bertz CT molecular complexity index is 507. The fourth-order valence-electron chi connectivity index (χ4n) is 3.43. The Labute approximate surface area is 179 Å². The summed E-state index contributed by atoms with van der Waals surface area (Å²) in [5, 5.41) is 8.52. The molecule has 172 valence electrons. The second-order valence-corrected chi connectivity index (χ2v) is 11.2. The molecule has 1 atom stereocenters. The zero-order chi connectivity index (χ0) is 22.2. The fourth-order valence-corrected chi connectivity index (χ4v) is 4.46. The Hall–Kier alpha value is -0.450. The number of aliphatic hydroxyl groups is 1. The lowest BCUT2D eigenvalue weighted by Gasteiger charge is -2.35. The van der Waals surface area contributed by atoms with Crippen LogP contribution in [0.5, 0.6) is 0 Å². The van der Waals surface area contributed by atoms with Gasteiger partial charge in [0, 0.05) is 0 Å². The molecule has 0 aromatic carbocycles. The first-order valence-electron chi connectivity index (χ1n) is 11.4. The topological polar surface area (TPSA) is 77.8 Å². The first-order valence-corrected chi connectivity index (χ1v) is 13.0. The van der Waals surface area contributed by atoms with E-state index in [1.807, 2.05) is 27.2 Å². The molecule has 0 aromatic heterocycles. The molecule has 0 saturated heterocycles. The van der Waals surface area contributed by atoms with Crippen LogP contribution in [0.25, 0.3) is 0 Å². The van der Waals surface area contributed by atoms with E-state index in [0.717, 1.165) is 19.3 Å². The van der Waals surface area contributed by atoms with Crippen LogP contribution in [-0.4, -0.2) is 52.4 Å². The van der Waals surface area contributed by atoms with E-state index in [1.165, 1.54) is 51.4 Å². The maximum Gasteiger partial charge on any atom is 0.362 e. The van der Waals surface area contributed by atoms with Gasteiger partial charge in [-0.3, -0.25) is 4.57 Å². The quantitative estimate of drug-likeness (QED) is 0.111. The number of unbranched alkanes of at least 4 members (excludes halogenated alkanes) is 9. The van der Waals surface area contributed by atoms with E-state index in [-0.39, 0.29) is 13.0 Å². The third-order valence-electron chi connectivity index (χ3n) is 5.03. The highest BCUT2D eigenvalue weighted by Gasteiger charge is 2.48. The number of rotatable bonds is 18. The van der Waals surface area contributed by atoms with Gasteiger partial charge in [-0.25, -0.2) is 0 Å². The van der Waals surface area contributed by atoms with Crippen molar-refractivity contribution in [3.63, 3.8) is 0 Å². The van der Waals surface area contributed by atoms with E-state index < -0.39 is 12.9 Å². The lowest BCUT2D eigenvalue weighted by molar-refractivity contribution is -0.875. The zero-order valence-corrected chi connectivity index (χ0v) is 20.2. The van der Waals surface area contributed by atoms with Crippen molar-refractivity contribution < 1.29 is 23.9 Å². The van der Waals surface area contributed by atoms with E-state index in [1.54, 1.807) is 0 Å². The molecule has 0 rings (SSSR count). The van der Waals surface area contributed by atoms with Gasteiger partial charge in [-0.2, -0.15) is 0 Å². The number of hydrogen-bond acceptors (Lipinski definition) is 2. The summed E-state index contributed by atoms with van der Waals surface area (Å²) in [6.07, 6.45) is 22.8. The first-order chi connectivity index (χ1) is 13.5. The van der Waals surface area contributed by atoms with Crippen LogP contribution in [0.1, 0.15) is 90.4 Å². The summed E-state index contributed by atoms with van der Waals surface area (Å²) in [6, 6.07) is 0. The predicted octanol–water partition coefficient (Wildman–Crippen LogP) is 5.76. The van der Waals surface area contributed by atoms with Gasteiger partial charge >= 0.3 is 7.60 Å². The standard InChI is InChI=1S/C23H46NO4P/c1-5-6-7-8-9-10-11-12-13-14-15-16-17-18-19-20-21-23(25,29(26,27)28)22-24(2,3)4/h11-12,18-19,25H,5-10,13-17,20-22H2,1-4H3,(H-,26,27,28)/p+1/b12-11-,19-18-. The minimum atomic E-state index is -4.57. The highest BCUT2D eigenvalue weighted by Crippen LogP contribution is 2.52. The van der Waals surface area contributed by atoms with Gasteiger partial charge < -0.3 is 19.4 Å². The maximum atomic E-state index is 11.7. The predicted molar refractivity (Wildman–Crippen MR) is 124 cm³/mol. The van der Waals surface area contributed by atoms with Crippen LogP contribution in [0, 0.1) is 0 Å². The molecule has 0 spiro atoms. The van der Waals surface area contributed by atoms with Crippen LogP contribution in [0.2, 0.25) is 0 Å². The Morgan fingerprint density at radius 2 is 1.17 bits per heavy atom. The van der Waals surface area contributed by atoms with Crippen molar-refractivity contribution in [2.45, 2.75) is 95.7 Å². The number of nitrogens with zero attached hydrogens (tertiary/aromatic N) is 1. The van der Waals surface area contributed by atoms with Crippen LogP contribution in [0.15, 0.2) is 24.3 Å². The van der Waals surface area contributed by atoms with Gasteiger partial charge in [0.15, 0.2) is 0 Å². The SMILES string of the molecule is CCCCCCC/C=C\CCCCC/C=C\CCC(O)(C[N+](C)(C)C)P(=O)(O)O. The molecular formula is C23H47NO4P+. The van der Waals surface area contributed by atoms with Crippen molar-refractivity contribution in [1.82, 2.24) is 0 Å². The largest absolute Gasteiger partial charge is 0.373 e. The smallest absolute Gasteiger partial charge is 0.362 e. The molecule has 0 aliphatic rings. The lowest BCUT2D eigenvalue weighted by atomic mass is 10.1. The highest BCUT2D eigenvalue weighted by atomic mass is 31.2. The second-order valence-electron chi connectivity index (χ2n) is 9.30. The summed E-state index contributed by atoms with van der Waals surface area (Å²) in [7, 11) is 0.882. The molecule has 1 unspecified atom stereocenters. The number of hydrogen-bond donors (Lipinski definition) is 3. The fraction of sp³-hybridized carbons (Fsp3) is 0.826. The van der Waals surface area contributed by atoms with E-state index in [0.29, 0.717) is 10.9 Å². The molecule has 0 bridgehead atoms. The summed E-state index contributed by atoms with van der Waals surface area (Å²) in [6.45, 7) is 2.27. The van der Waals surface area contributed by atoms with E-state index >= 15 is 0 Å². The molecular weight excluding hydrogens is 385 g/mol. The van der Waals surface area contributed by atoms with Crippen molar-refractivity contribution in [2.24, 2.45) is 0 Å². The molecule has 5 nitrogen and oxygen atoms in total. The number of likely N-dealkylation sites (N-methyl/N-ethyl adjacent to an activating group) is 1. The van der Waals surface area contributed by atoms with Crippen LogP contribution in [0.4, 0.5) is 0 Å². The lowest BCUT2D eigenvalue weighted by Crippen LogP contribution is -2.49. The minimum absolute atomic E-state index is 0.0252. The molecule has 0 radical (unpaired) electrons. The summed E-state index contributed by atoms with van der Waals surface area (Å²) < 4.78 is 12.0. The molecule has 0 aliphatic carbocycles. The Morgan fingerprint density at radius 3 is 1.59 bits per heavy atom. The van der Waals surface area contributed by atoms with Crippen LogP contribution < -0.4 is 0 Å². The number of quaternary nitrogens is 1. The molecule has 0 fully saturated rings. The maximum absolute atomic E-state index is 11.7. The van der Waals surface area contributed by atoms with Gasteiger partial charge in [0.1, 0.15) is 6.54 Å². The average molecular weight is 433 g/mol. The third-order valence-corrected chi connectivity index (χ3v) is 6.48. The summed E-state index contributed by atoms with van der Waals surface area (Å²) in [4.78, 5) is 19.1. The average Bonchev–Trinajstić information content (AvgIpc) is 2.59. The molecule has 3 N–H and O–H groups in total. The van der Waals surface area contributed by atoms with Gasteiger partial charge in [0.25, 0.3) is 0 Å². The van der Waals surface area contributed by atoms with Crippen molar-refractivity contribution in [1.29, 1.82) is 0 Å². The molecule has 0 saturated carbocycles. The summed E-state index contributed by atoms with van der Waals surface area (Å²) in [5.41, 5.74) is 0. The van der Waals surface area contributed by atoms with E-state index in [9.17, 15) is 19.5 Å². The minimum Gasteiger partial charge on any atom is -0.373 e.